The lowest BCUT2D eigenvalue weighted by Gasteiger charge is -2.10. The first-order chi connectivity index (χ1) is 9.65. The van der Waals surface area contributed by atoms with Gasteiger partial charge in [0.1, 0.15) is 0 Å². The number of aliphatic carboxylic acids is 1. The maximum absolute atomic E-state index is 10.8. The van der Waals surface area contributed by atoms with Crippen molar-refractivity contribution in [3.05, 3.63) is 34.9 Å². The van der Waals surface area contributed by atoms with E-state index < -0.39 is 5.97 Å². The Kier molecular flexibility index (Phi) is 8.01. The van der Waals surface area contributed by atoms with Gasteiger partial charge in [0.25, 0.3) is 0 Å². The Labute approximate surface area is 123 Å². The quantitative estimate of drug-likeness (QED) is 0.614. The second kappa shape index (κ2) is 9.57. The summed E-state index contributed by atoms with van der Waals surface area (Å²) in [5.74, 6) is -0.991. The van der Waals surface area contributed by atoms with E-state index in [0.717, 1.165) is 18.4 Å². The second-order valence-corrected chi connectivity index (χ2v) is 5.62. The molecule has 1 aromatic rings. The highest BCUT2D eigenvalue weighted by atomic mass is 16.4. The maximum atomic E-state index is 10.8. The van der Waals surface area contributed by atoms with Gasteiger partial charge in [-0.3, -0.25) is 0 Å². The molecule has 0 aliphatic heterocycles. The van der Waals surface area contributed by atoms with E-state index in [4.69, 9.17) is 0 Å². The molecule has 2 heteroatoms. The van der Waals surface area contributed by atoms with Crippen molar-refractivity contribution in [2.24, 2.45) is 0 Å². The van der Waals surface area contributed by atoms with Gasteiger partial charge in [-0.2, -0.15) is 0 Å². The third-order valence-corrected chi connectivity index (χ3v) is 3.60. The molecule has 0 unspecified atom stereocenters. The predicted molar refractivity (Wildman–Crippen MR) is 81.6 cm³/mol. The summed E-state index contributed by atoms with van der Waals surface area (Å²) in [5.41, 5.74) is 3.46. The molecular formula is C18H27O2-. The SMILES string of the molecule is CCCCCc1cc(CCCCC)cc(CC(=O)[O-])c1. The van der Waals surface area contributed by atoms with Crippen LogP contribution in [0.15, 0.2) is 18.2 Å². The van der Waals surface area contributed by atoms with Crippen molar-refractivity contribution < 1.29 is 9.90 Å². The third kappa shape index (κ3) is 6.74. The molecule has 0 aliphatic carbocycles. The number of benzene rings is 1. The first-order valence-electron chi connectivity index (χ1n) is 7.97. The van der Waals surface area contributed by atoms with Crippen LogP contribution in [0.2, 0.25) is 0 Å². The van der Waals surface area contributed by atoms with Crippen LogP contribution in [0.5, 0.6) is 0 Å². The van der Waals surface area contributed by atoms with Gasteiger partial charge in [0.2, 0.25) is 0 Å². The minimum atomic E-state index is -0.991. The Hall–Kier alpha value is -1.31. The lowest BCUT2D eigenvalue weighted by Crippen LogP contribution is -2.24. The van der Waals surface area contributed by atoms with Gasteiger partial charge in [0.15, 0.2) is 0 Å². The summed E-state index contributed by atoms with van der Waals surface area (Å²) in [6, 6.07) is 6.33. The van der Waals surface area contributed by atoms with Gasteiger partial charge in [-0.05, 0) is 42.4 Å². The molecule has 0 aliphatic rings. The molecule has 0 aromatic heterocycles. The number of aryl methyl sites for hydroxylation is 2. The Bertz CT molecular complexity index is 382. The van der Waals surface area contributed by atoms with Gasteiger partial charge < -0.3 is 9.90 Å². The van der Waals surface area contributed by atoms with Crippen LogP contribution in [0.3, 0.4) is 0 Å². The fraction of sp³-hybridized carbons (Fsp3) is 0.611. The fourth-order valence-corrected chi connectivity index (χ4v) is 2.56. The normalized spacial score (nSPS) is 10.7. The van der Waals surface area contributed by atoms with E-state index in [2.05, 4.69) is 19.9 Å². The van der Waals surface area contributed by atoms with Gasteiger partial charge in [-0.15, -0.1) is 0 Å². The number of rotatable bonds is 10. The molecule has 0 bridgehead atoms. The van der Waals surface area contributed by atoms with Crippen molar-refractivity contribution in [3.8, 4) is 0 Å². The van der Waals surface area contributed by atoms with Crippen LogP contribution >= 0.6 is 0 Å². The van der Waals surface area contributed by atoms with E-state index in [1.807, 2.05) is 12.1 Å². The summed E-state index contributed by atoms with van der Waals surface area (Å²) < 4.78 is 0. The number of hydrogen-bond donors (Lipinski definition) is 0. The molecule has 2 nitrogen and oxygen atoms in total. The van der Waals surface area contributed by atoms with Crippen molar-refractivity contribution in [3.63, 3.8) is 0 Å². The zero-order chi connectivity index (χ0) is 14.8. The van der Waals surface area contributed by atoms with Crippen molar-refractivity contribution in [2.45, 2.75) is 71.6 Å². The van der Waals surface area contributed by atoms with Crippen molar-refractivity contribution in [1.29, 1.82) is 0 Å². The predicted octanol–water partition coefficient (Wildman–Crippen LogP) is 3.44. The summed E-state index contributed by atoms with van der Waals surface area (Å²) in [6.45, 7) is 4.39. The molecule has 1 aromatic carbocycles. The van der Waals surface area contributed by atoms with Crippen LogP contribution in [-0.2, 0) is 24.1 Å². The van der Waals surface area contributed by atoms with E-state index >= 15 is 0 Å². The van der Waals surface area contributed by atoms with E-state index in [1.165, 1.54) is 49.7 Å². The van der Waals surface area contributed by atoms with Crippen LogP contribution in [0, 0.1) is 0 Å². The number of carboxylic acid groups (broad SMARTS) is 1. The van der Waals surface area contributed by atoms with Gasteiger partial charge in [-0.25, -0.2) is 0 Å². The first kappa shape index (κ1) is 16.7. The van der Waals surface area contributed by atoms with Gasteiger partial charge in [0, 0.05) is 12.4 Å². The summed E-state index contributed by atoms with van der Waals surface area (Å²) >= 11 is 0. The highest BCUT2D eigenvalue weighted by Crippen LogP contribution is 2.16. The molecule has 0 fully saturated rings. The maximum Gasteiger partial charge on any atom is 0.0458 e. The molecule has 0 atom stereocenters. The van der Waals surface area contributed by atoms with Crippen LogP contribution in [0.4, 0.5) is 0 Å². The number of unbranched alkanes of at least 4 members (excludes halogenated alkanes) is 4. The van der Waals surface area contributed by atoms with Crippen LogP contribution in [-0.4, -0.2) is 5.97 Å². The Balaban J connectivity index is 2.74. The summed E-state index contributed by atoms with van der Waals surface area (Å²) in [5, 5.41) is 10.8. The van der Waals surface area contributed by atoms with Crippen molar-refractivity contribution in [1.82, 2.24) is 0 Å². The van der Waals surface area contributed by atoms with E-state index in [9.17, 15) is 9.90 Å². The average molecular weight is 275 g/mol. The zero-order valence-electron chi connectivity index (χ0n) is 12.9. The Morgan fingerprint density at radius 1 is 0.850 bits per heavy atom. The van der Waals surface area contributed by atoms with Crippen molar-refractivity contribution in [2.75, 3.05) is 0 Å². The smallest absolute Gasteiger partial charge is 0.0458 e. The number of carboxylic acids is 1. The molecule has 0 heterocycles. The standard InChI is InChI=1S/C18H28O2/c1-3-5-7-9-15-11-16(10-8-6-4-2)13-17(12-15)14-18(19)20/h11-13H,3-10,14H2,1-2H3,(H,19,20)/p-1. The summed E-state index contributed by atoms with van der Waals surface area (Å²) in [4.78, 5) is 10.8. The summed E-state index contributed by atoms with van der Waals surface area (Å²) in [6.07, 6.45) is 9.38. The van der Waals surface area contributed by atoms with E-state index in [1.54, 1.807) is 0 Å². The highest BCUT2D eigenvalue weighted by molar-refractivity contribution is 5.68. The van der Waals surface area contributed by atoms with Gasteiger partial charge in [-0.1, -0.05) is 57.7 Å². The second-order valence-electron chi connectivity index (χ2n) is 5.62. The topological polar surface area (TPSA) is 40.1 Å². The first-order valence-corrected chi connectivity index (χ1v) is 7.97. The van der Waals surface area contributed by atoms with Gasteiger partial charge >= 0.3 is 0 Å². The molecule has 20 heavy (non-hydrogen) atoms. The number of hydrogen-bond acceptors (Lipinski definition) is 2. The Morgan fingerprint density at radius 3 is 1.70 bits per heavy atom. The monoisotopic (exact) mass is 275 g/mol. The highest BCUT2D eigenvalue weighted by Gasteiger charge is 2.03. The molecule has 0 saturated carbocycles. The molecular weight excluding hydrogens is 248 g/mol. The van der Waals surface area contributed by atoms with E-state index in [0.29, 0.717) is 0 Å². The Morgan fingerprint density at radius 2 is 1.30 bits per heavy atom. The zero-order valence-corrected chi connectivity index (χ0v) is 12.9. The lowest BCUT2D eigenvalue weighted by molar-refractivity contribution is -0.304. The molecule has 112 valence electrons. The summed E-state index contributed by atoms with van der Waals surface area (Å²) in [7, 11) is 0. The average Bonchev–Trinajstić information content (AvgIpc) is 2.38. The minimum Gasteiger partial charge on any atom is -0.550 e. The molecule has 0 amide bonds. The molecule has 1 rings (SSSR count). The van der Waals surface area contributed by atoms with Crippen LogP contribution < -0.4 is 5.11 Å². The molecule has 0 radical (unpaired) electrons. The minimum absolute atomic E-state index is 0.0302. The van der Waals surface area contributed by atoms with Crippen LogP contribution in [0.25, 0.3) is 0 Å². The van der Waals surface area contributed by atoms with Gasteiger partial charge in [0.05, 0.1) is 0 Å². The van der Waals surface area contributed by atoms with Crippen LogP contribution in [0.1, 0.15) is 69.1 Å². The van der Waals surface area contributed by atoms with E-state index in [-0.39, 0.29) is 6.42 Å². The molecule has 0 spiro atoms. The molecule has 0 saturated heterocycles. The third-order valence-electron chi connectivity index (χ3n) is 3.60. The lowest BCUT2D eigenvalue weighted by atomic mass is 9.97. The number of carbonyl (C=O) groups is 1. The fourth-order valence-electron chi connectivity index (χ4n) is 2.56. The molecule has 0 N–H and O–H groups in total. The number of carbonyl (C=O) groups excluding carboxylic acids is 1. The largest absolute Gasteiger partial charge is 0.550 e. The van der Waals surface area contributed by atoms with Crippen molar-refractivity contribution >= 4 is 5.97 Å².